The summed E-state index contributed by atoms with van der Waals surface area (Å²) < 4.78 is 7.20. The first-order valence-corrected chi connectivity index (χ1v) is 7.81. The number of aromatic nitrogens is 2. The lowest BCUT2D eigenvalue weighted by atomic mass is 9.79. The molecule has 2 N–H and O–H groups in total. The Balaban J connectivity index is 2.26. The summed E-state index contributed by atoms with van der Waals surface area (Å²) in [5, 5.41) is 1.99. The summed E-state index contributed by atoms with van der Waals surface area (Å²) in [7, 11) is 0. The number of esters is 1. The second-order valence-corrected chi connectivity index (χ2v) is 5.83. The van der Waals surface area contributed by atoms with Gasteiger partial charge in [-0.1, -0.05) is 13.3 Å². The van der Waals surface area contributed by atoms with Crippen molar-refractivity contribution in [1.29, 1.82) is 0 Å². The third-order valence-electron chi connectivity index (χ3n) is 3.49. The maximum absolute atomic E-state index is 12.3. The van der Waals surface area contributed by atoms with Crippen molar-refractivity contribution in [3.05, 3.63) is 23.5 Å². The van der Waals surface area contributed by atoms with E-state index in [4.69, 9.17) is 10.5 Å². The minimum absolute atomic E-state index is 0.208. The number of thiazole rings is 1. The monoisotopic (exact) mass is 295 g/mol. The van der Waals surface area contributed by atoms with Crippen molar-refractivity contribution in [2.24, 2.45) is 11.1 Å². The molecule has 6 heteroatoms. The van der Waals surface area contributed by atoms with Crippen LogP contribution in [-0.2, 0) is 16.0 Å². The van der Waals surface area contributed by atoms with Crippen LogP contribution in [0.1, 0.15) is 32.4 Å². The summed E-state index contributed by atoms with van der Waals surface area (Å²) in [6, 6.07) is 0. The minimum atomic E-state index is -0.658. The molecule has 0 aliphatic carbocycles. The highest BCUT2D eigenvalue weighted by Crippen LogP contribution is 2.30. The fraction of sp³-hybridized carbons (Fsp3) is 0.571. The van der Waals surface area contributed by atoms with Crippen LogP contribution in [0.25, 0.3) is 4.96 Å². The molecule has 0 aliphatic heterocycles. The lowest BCUT2D eigenvalue weighted by molar-refractivity contribution is -0.155. The van der Waals surface area contributed by atoms with Gasteiger partial charge in [-0.2, -0.15) is 0 Å². The lowest BCUT2D eigenvalue weighted by Gasteiger charge is -2.29. The quantitative estimate of drug-likeness (QED) is 0.795. The highest BCUT2D eigenvalue weighted by Gasteiger charge is 2.38. The molecule has 0 amide bonds. The summed E-state index contributed by atoms with van der Waals surface area (Å²) in [5.74, 6) is -0.208. The van der Waals surface area contributed by atoms with Gasteiger partial charge in [0.15, 0.2) is 4.96 Å². The molecule has 2 aromatic heterocycles. The van der Waals surface area contributed by atoms with E-state index in [0.29, 0.717) is 19.4 Å². The van der Waals surface area contributed by atoms with E-state index < -0.39 is 5.41 Å². The van der Waals surface area contributed by atoms with Crippen molar-refractivity contribution in [1.82, 2.24) is 9.38 Å². The van der Waals surface area contributed by atoms with Gasteiger partial charge in [0.05, 0.1) is 17.7 Å². The van der Waals surface area contributed by atoms with Gasteiger partial charge in [-0.25, -0.2) is 4.98 Å². The van der Waals surface area contributed by atoms with E-state index in [9.17, 15) is 4.79 Å². The zero-order valence-corrected chi connectivity index (χ0v) is 12.8. The molecule has 0 fully saturated rings. The van der Waals surface area contributed by atoms with E-state index in [2.05, 4.69) is 11.9 Å². The summed E-state index contributed by atoms with van der Waals surface area (Å²) >= 11 is 1.58. The Bertz CT molecular complexity index is 549. The van der Waals surface area contributed by atoms with Crippen LogP contribution >= 0.6 is 11.3 Å². The van der Waals surface area contributed by atoms with Crippen LogP contribution < -0.4 is 5.73 Å². The summed E-state index contributed by atoms with van der Waals surface area (Å²) in [6.45, 7) is 4.53. The van der Waals surface area contributed by atoms with Gasteiger partial charge in [0.1, 0.15) is 0 Å². The molecule has 1 atom stereocenters. The number of imidazole rings is 1. The lowest BCUT2D eigenvalue weighted by Crippen LogP contribution is -2.42. The van der Waals surface area contributed by atoms with Gasteiger partial charge < -0.3 is 10.5 Å². The van der Waals surface area contributed by atoms with E-state index in [1.54, 1.807) is 11.3 Å². The molecule has 2 rings (SSSR count). The summed E-state index contributed by atoms with van der Waals surface area (Å²) in [5.41, 5.74) is 6.14. The van der Waals surface area contributed by atoms with Gasteiger partial charge in [-0.15, -0.1) is 11.3 Å². The topological polar surface area (TPSA) is 69.6 Å². The predicted octanol–water partition coefficient (Wildman–Crippen LogP) is 2.25. The number of hydrogen-bond acceptors (Lipinski definition) is 5. The van der Waals surface area contributed by atoms with Crippen LogP contribution in [0.2, 0.25) is 0 Å². The van der Waals surface area contributed by atoms with E-state index in [-0.39, 0.29) is 12.5 Å². The molecule has 2 aromatic rings. The van der Waals surface area contributed by atoms with Crippen LogP contribution in [0, 0.1) is 5.41 Å². The van der Waals surface area contributed by atoms with E-state index >= 15 is 0 Å². The Labute approximate surface area is 122 Å². The molecule has 0 aromatic carbocycles. The van der Waals surface area contributed by atoms with E-state index in [1.807, 2.05) is 29.1 Å². The number of carbonyl (C=O) groups is 1. The van der Waals surface area contributed by atoms with Crippen LogP contribution in [0.15, 0.2) is 17.8 Å². The Hall–Kier alpha value is -1.40. The number of nitrogens with zero attached hydrogens (tertiary/aromatic N) is 2. The fourth-order valence-electron chi connectivity index (χ4n) is 2.49. The number of hydrogen-bond donors (Lipinski definition) is 1. The minimum Gasteiger partial charge on any atom is -0.466 e. The highest BCUT2D eigenvalue weighted by molar-refractivity contribution is 7.15. The maximum Gasteiger partial charge on any atom is 0.313 e. The van der Waals surface area contributed by atoms with Crippen molar-refractivity contribution < 1.29 is 9.53 Å². The Morgan fingerprint density at radius 2 is 2.35 bits per heavy atom. The van der Waals surface area contributed by atoms with E-state index in [0.717, 1.165) is 17.1 Å². The first kappa shape index (κ1) is 15.0. The molecule has 5 nitrogen and oxygen atoms in total. The zero-order chi connectivity index (χ0) is 14.6. The second-order valence-electron chi connectivity index (χ2n) is 4.96. The molecular weight excluding hydrogens is 274 g/mol. The van der Waals surface area contributed by atoms with Crippen LogP contribution in [-0.4, -0.2) is 28.5 Å². The molecule has 0 radical (unpaired) electrons. The van der Waals surface area contributed by atoms with Crippen molar-refractivity contribution in [2.75, 3.05) is 13.2 Å². The molecule has 0 spiro atoms. The molecule has 20 heavy (non-hydrogen) atoms. The molecular formula is C14H21N3O2S. The summed E-state index contributed by atoms with van der Waals surface area (Å²) in [6.07, 6.45) is 6.06. The number of fused-ring (bicyclic) bond motifs is 1. The average molecular weight is 295 g/mol. The van der Waals surface area contributed by atoms with Crippen LogP contribution in [0.3, 0.4) is 0 Å². The van der Waals surface area contributed by atoms with Crippen molar-refractivity contribution in [3.63, 3.8) is 0 Å². The fourth-order valence-corrected chi connectivity index (χ4v) is 3.21. The average Bonchev–Trinajstić information content (AvgIpc) is 2.99. The number of rotatable bonds is 7. The van der Waals surface area contributed by atoms with Gasteiger partial charge in [0.25, 0.3) is 0 Å². The maximum atomic E-state index is 12.3. The van der Waals surface area contributed by atoms with Crippen molar-refractivity contribution in [3.8, 4) is 0 Å². The molecule has 0 saturated heterocycles. The normalized spacial score (nSPS) is 14.3. The predicted molar refractivity (Wildman–Crippen MR) is 79.8 cm³/mol. The van der Waals surface area contributed by atoms with Gasteiger partial charge >= 0.3 is 5.97 Å². The standard InChI is InChI=1S/C14H21N3O2S/c1-3-5-14(10-15,12(18)19-4-2)8-11-9-17-6-7-20-13(17)16-11/h6-7,9H,3-5,8,10,15H2,1-2H3. The molecule has 1 unspecified atom stereocenters. The van der Waals surface area contributed by atoms with E-state index in [1.165, 1.54) is 0 Å². The Kier molecular flexibility index (Phi) is 4.77. The third-order valence-corrected chi connectivity index (χ3v) is 4.26. The smallest absolute Gasteiger partial charge is 0.313 e. The molecule has 0 aliphatic rings. The van der Waals surface area contributed by atoms with Crippen LogP contribution in [0.5, 0.6) is 0 Å². The summed E-state index contributed by atoms with van der Waals surface area (Å²) in [4.78, 5) is 17.8. The molecule has 2 heterocycles. The van der Waals surface area contributed by atoms with Gasteiger partial charge in [-0.05, 0) is 13.3 Å². The van der Waals surface area contributed by atoms with Crippen molar-refractivity contribution >= 4 is 22.3 Å². The Morgan fingerprint density at radius 3 is 2.95 bits per heavy atom. The zero-order valence-electron chi connectivity index (χ0n) is 12.0. The number of nitrogens with two attached hydrogens (primary N) is 1. The SMILES string of the molecule is CCCC(CN)(Cc1cn2ccsc2n1)C(=O)OCC. The van der Waals surface area contributed by atoms with Gasteiger partial charge in [0.2, 0.25) is 0 Å². The van der Waals surface area contributed by atoms with Gasteiger partial charge in [-0.3, -0.25) is 9.20 Å². The second kappa shape index (κ2) is 6.37. The number of carbonyl (C=O) groups excluding carboxylic acids is 1. The third kappa shape index (κ3) is 2.86. The van der Waals surface area contributed by atoms with Gasteiger partial charge in [0, 0.05) is 30.7 Å². The number of ether oxygens (including phenoxy) is 1. The molecule has 0 saturated carbocycles. The van der Waals surface area contributed by atoms with Crippen molar-refractivity contribution in [2.45, 2.75) is 33.1 Å². The van der Waals surface area contributed by atoms with Crippen LogP contribution in [0.4, 0.5) is 0 Å². The Morgan fingerprint density at radius 1 is 1.55 bits per heavy atom. The molecule has 110 valence electrons. The highest BCUT2D eigenvalue weighted by atomic mass is 32.1. The largest absolute Gasteiger partial charge is 0.466 e. The first-order valence-electron chi connectivity index (χ1n) is 6.93. The molecule has 0 bridgehead atoms. The first-order chi connectivity index (χ1) is 9.65.